The zero-order valence-electron chi connectivity index (χ0n) is 32.8. The van der Waals surface area contributed by atoms with Crippen LogP contribution in [0.3, 0.4) is 0 Å². The molecule has 0 aromatic rings. The number of aliphatic hydroxyl groups is 3. The Balaban J connectivity index is 2.47. The van der Waals surface area contributed by atoms with Crippen LogP contribution in [0.5, 0.6) is 0 Å². The van der Waals surface area contributed by atoms with Crippen LogP contribution in [0, 0.1) is 0 Å². The van der Waals surface area contributed by atoms with Gasteiger partial charge in [-0.05, 0) is 44.9 Å². The van der Waals surface area contributed by atoms with E-state index >= 15 is 0 Å². The Morgan fingerprint density at radius 3 is 1.83 bits per heavy atom. The molecule has 6 atom stereocenters. The van der Waals surface area contributed by atoms with Gasteiger partial charge in [-0.2, -0.15) is 8.42 Å². The summed E-state index contributed by atoms with van der Waals surface area (Å²) in [5.41, 5.74) is 0. The summed E-state index contributed by atoms with van der Waals surface area (Å²) < 4.78 is 58.8. The average molecular weight is 779 g/mol. The van der Waals surface area contributed by atoms with Crippen LogP contribution < -0.4 is 0 Å². The molecule has 312 valence electrons. The molecular weight excluding hydrogens is 704 g/mol. The fourth-order valence-corrected chi connectivity index (χ4v) is 6.68. The van der Waals surface area contributed by atoms with E-state index in [0.29, 0.717) is 13.0 Å². The second-order valence-corrected chi connectivity index (χ2v) is 15.3. The first-order valence-corrected chi connectivity index (χ1v) is 22.0. The Morgan fingerprint density at radius 1 is 0.717 bits per heavy atom. The van der Waals surface area contributed by atoms with Crippen molar-refractivity contribution in [3.63, 3.8) is 0 Å². The van der Waals surface area contributed by atoms with Crippen molar-refractivity contribution in [1.29, 1.82) is 0 Å². The summed E-state index contributed by atoms with van der Waals surface area (Å²) in [5.74, 6) is -0.406. The third-order valence-corrected chi connectivity index (χ3v) is 9.79. The van der Waals surface area contributed by atoms with Gasteiger partial charge in [0.1, 0.15) is 30.5 Å². The van der Waals surface area contributed by atoms with E-state index in [1.165, 1.54) is 77.0 Å². The maximum absolute atomic E-state index is 12.7. The second-order valence-electron chi connectivity index (χ2n) is 14.2. The molecule has 0 aromatic heterocycles. The van der Waals surface area contributed by atoms with Crippen molar-refractivity contribution in [3.05, 3.63) is 24.3 Å². The fourth-order valence-electron chi connectivity index (χ4n) is 6.17. The Morgan fingerprint density at radius 2 is 1.25 bits per heavy atom. The average Bonchev–Trinajstić information content (AvgIpc) is 3.12. The summed E-state index contributed by atoms with van der Waals surface area (Å²) in [6.45, 7) is 3.91. The first-order chi connectivity index (χ1) is 25.6. The number of carbonyl (C=O) groups excluding carboxylic acids is 1. The van der Waals surface area contributed by atoms with E-state index in [0.717, 1.165) is 57.8 Å². The fraction of sp³-hybridized carbons (Fsp3) is 0.875. The molecule has 1 saturated heterocycles. The van der Waals surface area contributed by atoms with Crippen molar-refractivity contribution in [2.45, 2.75) is 198 Å². The van der Waals surface area contributed by atoms with Gasteiger partial charge in [-0.25, -0.2) is 4.18 Å². The molecule has 13 heteroatoms. The largest absolute Gasteiger partial charge is 0.457 e. The number of unbranched alkanes of at least 4 members (excludes halogenated alkanes) is 18. The van der Waals surface area contributed by atoms with E-state index in [1.807, 2.05) is 0 Å². The lowest BCUT2D eigenvalue weighted by molar-refractivity contribution is -0.301. The van der Waals surface area contributed by atoms with E-state index in [1.54, 1.807) is 0 Å². The molecule has 1 aliphatic heterocycles. The quantitative estimate of drug-likeness (QED) is 0.0214. The van der Waals surface area contributed by atoms with Gasteiger partial charge in [0, 0.05) is 13.0 Å². The van der Waals surface area contributed by atoms with Crippen molar-refractivity contribution in [3.8, 4) is 0 Å². The first kappa shape index (κ1) is 49.6. The Hall–Kier alpha value is -1.42. The molecule has 4 N–H and O–H groups in total. The molecule has 0 aliphatic carbocycles. The Kier molecular flexibility index (Phi) is 30.7. The lowest BCUT2D eigenvalue weighted by atomic mass is 9.99. The van der Waals surface area contributed by atoms with Gasteiger partial charge in [0.15, 0.2) is 6.29 Å². The molecule has 1 heterocycles. The van der Waals surface area contributed by atoms with Crippen LogP contribution in [0.4, 0.5) is 0 Å². The number of esters is 1. The van der Waals surface area contributed by atoms with Crippen LogP contribution >= 0.6 is 0 Å². The van der Waals surface area contributed by atoms with Gasteiger partial charge < -0.3 is 34.3 Å². The summed E-state index contributed by atoms with van der Waals surface area (Å²) in [5, 5.41) is 30.5. The molecule has 1 aliphatic rings. The summed E-state index contributed by atoms with van der Waals surface area (Å²) >= 11 is 0. The predicted molar refractivity (Wildman–Crippen MR) is 207 cm³/mol. The summed E-state index contributed by atoms with van der Waals surface area (Å²) in [6, 6.07) is 0. The molecule has 0 bridgehead atoms. The van der Waals surface area contributed by atoms with Crippen LogP contribution in [0.2, 0.25) is 0 Å². The third-order valence-electron chi connectivity index (χ3n) is 9.33. The standard InChI is InChI=1S/C40H74O12S/c1-3-5-7-9-11-13-15-16-17-18-19-20-22-24-26-28-30-48-32-34(50-36(42)29-27-25-23-21-14-12-10-8-6-4-2)33-49-40-38(44)39(52-53(45,46)47)37(43)35(31-41)51-40/h11,13,16-17,34-35,37-41,43-44H,3-10,12,14-15,18-33H2,1-2H3,(H,45,46,47)/b13-11-,17-16-. The number of hydrogen-bond donors (Lipinski definition) is 4. The van der Waals surface area contributed by atoms with Crippen molar-refractivity contribution in [2.24, 2.45) is 0 Å². The molecule has 0 radical (unpaired) electrons. The van der Waals surface area contributed by atoms with Gasteiger partial charge in [-0.3, -0.25) is 9.35 Å². The molecule has 1 rings (SSSR count). The number of allylic oxidation sites excluding steroid dienone is 4. The highest BCUT2D eigenvalue weighted by atomic mass is 32.3. The van der Waals surface area contributed by atoms with E-state index < -0.39 is 59.8 Å². The summed E-state index contributed by atoms with van der Waals surface area (Å²) in [6.07, 6.45) is 25.0. The predicted octanol–water partition coefficient (Wildman–Crippen LogP) is 7.68. The maximum atomic E-state index is 12.7. The second kappa shape index (κ2) is 32.8. The van der Waals surface area contributed by atoms with Gasteiger partial charge >= 0.3 is 16.4 Å². The van der Waals surface area contributed by atoms with Gasteiger partial charge in [0.05, 0.1) is 19.8 Å². The Bertz CT molecular complexity index is 1040. The molecule has 0 amide bonds. The third kappa shape index (κ3) is 26.9. The molecule has 0 spiro atoms. The topological polar surface area (TPSA) is 178 Å². The van der Waals surface area contributed by atoms with Gasteiger partial charge in [0.25, 0.3) is 0 Å². The maximum Gasteiger partial charge on any atom is 0.397 e. The van der Waals surface area contributed by atoms with Crippen molar-refractivity contribution < 1.29 is 56.2 Å². The number of hydrogen-bond acceptors (Lipinski definition) is 11. The molecule has 1 fully saturated rings. The minimum absolute atomic E-state index is 0.0316. The van der Waals surface area contributed by atoms with E-state index in [-0.39, 0.29) is 19.6 Å². The zero-order valence-corrected chi connectivity index (χ0v) is 33.6. The van der Waals surface area contributed by atoms with Crippen LogP contribution in [-0.4, -0.2) is 97.5 Å². The van der Waals surface area contributed by atoms with E-state index in [4.69, 9.17) is 23.5 Å². The SMILES string of the molecule is CCCCC/C=C\C/C=C\CCCCCCCCOCC(COC1OC(CO)C(O)C(OS(=O)(=O)O)C1O)OC(=O)CCCCCCCCCCCC. The van der Waals surface area contributed by atoms with Crippen molar-refractivity contribution in [1.82, 2.24) is 0 Å². The molecule has 12 nitrogen and oxygen atoms in total. The number of carbonyl (C=O) groups is 1. The van der Waals surface area contributed by atoms with Crippen LogP contribution in [0.15, 0.2) is 24.3 Å². The smallest absolute Gasteiger partial charge is 0.397 e. The van der Waals surface area contributed by atoms with Crippen LogP contribution in [0.25, 0.3) is 0 Å². The normalized spacial score (nSPS) is 21.5. The summed E-state index contributed by atoms with van der Waals surface area (Å²) in [7, 11) is -5.06. The zero-order chi connectivity index (χ0) is 39.0. The molecule has 0 aromatic carbocycles. The van der Waals surface area contributed by atoms with Gasteiger partial charge in [0.2, 0.25) is 0 Å². The van der Waals surface area contributed by atoms with E-state index in [2.05, 4.69) is 42.3 Å². The molecule has 53 heavy (non-hydrogen) atoms. The lowest BCUT2D eigenvalue weighted by Gasteiger charge is -2.41. The molecule has 0 saturated carbocycles. The summed E-state index contributed by atoms with van der Waals surface area (Å²) in [4.78, 5) is 12.7. The highest BCUT2D eigenvalue weighted by molar-refractivity contribution is 7.80. The monoisotopic (exact) mass is 778 g/mol. The van der Waals surface area contributed by atoms with Crippen molar-refractivity contribution >= 4 is 16.4 Å². The van der Waals surface area contributed by atoms with Crippen LogP contribution in [-0.2, 0) is 38.3 Å². The van der Waals surface area contributed by atoms with Crippen LogP contribution in [0.1, 0.15) is 162 Å². The molecular formula is C40H74O12S. The minimum atomic E-state index is -5.06. The number of ether oxygens (including phenoxy) is 4. The van der Waals surface area contributed by atoms with E-state index in [9.17, 15) is 28.5 Å². The lowest BCUT2D eigenvalue weighted by Crippen LogP contribution is -2.60. The number of rotatable bonds is 35. The van der Waals surface area contributed by atoms with Gasteiger partial charge in [-0.15, -0.1) is 0 Å². The van der Waals surface area contributed by atoms with Crippen molar-refractivity contribution in [2.75, 3.05) is 26.4 Å². The first-order valence-electron chi connectivity index (χ1n) is 20.6. The highest BCUT2D eigenvalue weighted by Crippen LogP contribution is 2.26. The number of aliphatic hydroxyl groups excluding tert-OH is 3. The van der Waals surface area contributed by atoms with Gasteiger partial charge in [-0.1, -0.05) is 134 Å². The highest BCUT2D eigenvalue weighted by Gasteiger charge is 2.48. The molecule has 6 unspecified atom stereocenters. The minimum Gasteiger partial charge on any atom is -0.457 e. The Labute approximate surface area is 321 Å².